The molecule has 1 aliphatic heterocycles. The van der Waals surface area contributed by atoms with Crippen LogP contribution in [0.2, 0.25) is 0 Å². The molecule has 0 aromatic heterocycles. The number of hydrogen-bond acceptors (Lipinski definition) is 4. The summed E-state index contributed by atoms with van der Waals surface area (Å²) in [5, 5.41) is 3.41. The molecule has 1 aliphatic rings. The van der Waals surface area contributed by atoms with Gasteiger partial charge in [-0.05, 0) is 37.1 Å². The van der Waals surface area contributed by atoms with Gasteiger partial charge in [0.25, 0.3) is 0 Å². The Morgan fingerprint density at radius 3 is 2.33 bits per heavy atom. The van der Waals surface area contributed by atoms with E-state index < -0.39 is 0 Å². The normalized spacial score (nSPS) is 15.2. The smallest absolute Gasteiger partial charge is 0.161 e. The second kappa shape index (κ2) is 12.1. The number of hydrogen-bond donors (Lipinski definition) is 1. The first-order chi connectivity index (χ1) is 12.3. The fourth-order valence-corrected chi connectivity index (χ4v) is 3.19. The molecular formula is C21H30Cl2N2O2. The van der Waals surface area contributed by atoms with Crippen molar-refractivity contribution in [2.24, 2.45) is 0 Å². The number of benzene rings is 2. The third-order valence-corrected chi connectivity index (χ3v) is 4.69. The number of ether oxygens (including phenoxy) is 2. The lowest BCUT2D eigenvalue weighted by atomic mass is 10.1. The number of halogens is 2. The second-order valence-corrected chi connectivity index (χ2v) is 6.38. The highest BCUT2D eigenvalue weighted by Crippen LogP contribution is 2.33. The van der Waals surface area contributed by atoms with Crippen molar-refractivity contribution in [1.29, 1.82) is 0 Å². The highest BCUT2D eigenvalue weighted by Gasteiger charge is 2.19. The summed E-state index contributed by atoms with van der Waals surface area (Å²) in [4.78, 5) is 2.51. The van der Waals surface area contributed by atoms with Crippen LogP contribution in [-0.2, 0) is 6.61 Å². The summed E-state index contributed by atoms with van der Waals surface area (Å²) < 4.78 is 11.9. The standard InChI is InChI=1S/C21H28N2O2.2ClH/c1-3-24-21-15-19(17(2)23-13-11-22-12-14-23)9-10-20(21)25-16-18-7-5-4-6-8-18;;/h4-10,15,17,22H,3,11-14,16H2,1-2H3;2*1H/t17-;;/m0../s1. The van der Waals surface area contributed by atoms with Gasteiger partial charge in [-0.2, -0.15) is 0 Å². The van der Waals surface area contributed by atoms with E-state index in [-0.39, 0.29) is 24.8 Å². The highest BCUT2D eigenvalue weighted by molar-refractivity contribution is 5.85. The summed E-state index contributed by atoms with van der Waals surface area (Å²) >= 11 is 0. The topological polar surface area (TPSA) is 33.7 Å². The molecule has 27 heavy (non-hydrogen) atoms. The van der Waals surface area contributed by atoms with Crippen molar-refractivity contribution in [3.05, 3.63) is 59.7 Å². The molecule has 1 heterocycles. The molecule has 1 atom stereocenters. The molecule has 0 saturated carbocycles. The fraction of sp³-hybridized carbons (Fsp3) is 0.429. The molecule has 1 N–H and O–H groups in total. The Bertz CT molecular complexity index is 664. The van der Waals surface area contributed by atoms with Gasteiger partial charge < -0.3 is 14.8 Å². The number of nitrogens with one attached hydrogen (secondary N) is 1. The van der Waals surface area contributed by atoms with Gasteiger partial charge in [0.1, 0.15) is 6.61 Å². The molecule has 4 nitrogen and oxygen atoms in total. The van der Waals surface area contributed by atoms with Crippen molar-refractivity contribution < 1.29 is 9.47 Å². The van der Waals surface area contributed by atoms with E-state index in [1.165, 1.54) is 5.56 Å². The van der Waals surface area contributed by atoms with Crippen LogP contribution in [0.4, 0.5) is 0 Å². The predicted molar refractivity (Wildman–Crippen MR) is 116 cm³/mol. The molecule has 1 saturated heterocycles. The summed E-state index contributed by atoms with van der Waals surface area (Å²) in [5.74, 6) is 1.64. The van der Waals surface area contributed by atoms with Gasteiger partial charge in [-0.15, -0.1) is 24.8 Å². The first kappa shape index (κ1) is 23.6. The lowest BCUT2D eigenvalue weighted by Gasteiger charge is -2.33. The van der Waals surface area contributed by atoms with E-state index >= 15 is 0 Å². The van der Waals surface area contributed by atoms with Gasteiger partial charge in [0.15, 0.2) is 11.5 Å². The van der Waals surface area contributed by atoms with Crippen molar-refractivity contribution >= 4 is 24.8 Å². The van der Waals surface area contributed by atoms with Crippen LogP contribution in [0.1, 0.15) is 31.0 Å². The summed E-state index contributed by atoms with van der Waals surface area (Å²) in [6, 6.07) is 16.9. The minimum atomic E-state index is 0. The molecule has 0 spiro atoms. The lowest BCUT2D eigenvalue weighted by Crippen LogP contribution is -2.44. The first-order valence-electron chi connectivity index (χ1n) is 9.16. The maximum Gasteiger partial charge on any atom is 0.161 e. The third kappa shape index (κ3) is 6.58. The van der Waals surface area contributed by atoms with Crippen LogP contribution in [0, 0.1) is 0 Å². The maximum absolute atomic E-state index is 6.01. The van der Waals surface area contributed by atoms with Crippen molar-refractivity contribution in [3.8, 4) is 11.5 Å². The largest absolute Gasteiger partial charge is 0.490 e. The second-order valence-electron chi connectivity index (χ2n) is 6.38. The van der Waals surface area contributed by atoms with Gasteiger partial charge in [-0.1, -0.05) is 36.4 Å². The van der Waals surface area contributed by atoms with Crippen LogP contribution in [-0.4, -0.2) is 37.7 Å². The van der Waals surface area contributed by atoms with Crippen LogP contribution in [0.5, 0.6) is 11.5 Å². The van der Waals surface area contributed by atoms with Crippen molar-refractivity contribution in [1.82, 2.24) is 10.2 Å². The number of rotatable bonds is 7. The molecule has 2 aromatic carbocycles. The Balaban J connectivity index is 0.00000182. The fourth-order valence-electron chi connectivity index (χ4n) is 3.19. The molecule has 150 valence electrons. The summed E-state index contributed by atoms with van der Waals surface area (Å²) in [5.41, 5.74) is 2.43. The summed E-state index contributed by atoms with van der Waals surface area (Å²) in [6.45, 7) is 9.73. The van der Waals surface area contributed by atoms with Crippen LogP contribution in [0.15, 0.2) is 48.5 Å². The summed E-state index contributed by atoms with van der Waals surface area (Å²) in [7, 11) is 0. The van der Waals surface area contributed by atoms with E-state index in [4.69, 9.17) is 9.47 Å². The van der Waals surface area contributed by atoms with Gasteiger partial charge in [0.05, 0.1) is 6.61 Å². The van der Waals surface area contributed by atoms with E-state index in [0.717, 1.165) is 43.2 Å². The average Bonchev–Trinajstić information content (AvgIpc) is 2.68. The van der Waals surface area contributed by atoms with Crippen molar-refractivity contribution in [2.45, 2.75) is 26.5 Å². The predicted octanol–water partition coefficient (Wildman–Crippen LogP) is 4.47. The monoisotopic (exact) mass is 412 g/mol. The number of piperazine rings is 1. The molecule has 1 fully saturated rings. The summed E-state index contributed by atoms with van der Waals surface area (Å²) in [6.07, 6.45) is 0. The zero-order valence-corrected chi connectivity index (χ0v) is 17.7. The Kier molecular flexibility index (Phi) is 10.6. The van der Waals surface area contributed by atoms with Crippen molar-refractivity contribution in [3.63, 3.8) is 0 Å². The molecular weight excluding hydrogens is 383 g/mol. The van der Waals surface area contributed by atoms with Crippen LogP contribution >= 0.6 is 24.8 Å². The van der Waals surface area contributed by atoms with E-state index in [1.54, 1.807) is 0 Å². The maximum atomic E-state index is 6.01. The van der Waals surface area contributed by atoms with Crippen molar-refractivity contribution in [2.75, 3.05) is 32.8 Å². The molecule has 0 amide bonds. The average molecular weight is 413 g/mol. The molecule has 0 aliphatic carbocycles. The Labute approximate surface area is 175 Å². The molecule has 0 bridgehead atoms. The van der Waals surface area contributed by atoms with Gasteiger partial charge >= 0.3 is 0 Å². The van der Waals surface area contributed by atoms with E-state index in [2.05, 4.69) is 41.4 Å². The highest BCUT2D eigenvalue weighted by atomic mass is 35.5. The van der Waals surface area contributed by atoms with Crippen LogP contribution in [0.25, 0.3) is 0 Å². The quantitative estimate of drug-likeness (QED) is 0.726. The van der Waals surface area contributed by atoms with E-state index in [0.29, 0.717) is 19.3 Å². The third-order valence-electron chi connectivity index (χ3n) is 4.69. The zero-order chi connectivity index (χ0) is 17.5. The molecule has 0 radical (unpaired) electrons. The van der Waals surface area contributed by atoms with Gasteiger partial charge in [-0.25, -0.2) is 0 Å². The minimum Gasteiger partial charge on any atom is -0.490 e. The molecule has 6 heteroatoms. The zero-order valence-electron chi connectivity index (χ0n) is 16.0. The molecule has 0 unspecified atom stereocenters. The SMILES string of the molecule is CCOc1cc([C@H](C)N2CCNCC2)ccc1OCc1ccccc1.Cl.Cl. The number of nitrogens with zero attached hydrogens (tertiary/aromatic N) is 1. The first-order valence-corrected chi connectivity index (χ1v) is 9.16. The van der Waals surface area contributed by atoms with Crippen LogP contribution < -0.4 is 14.8 Å². The van der Waals surface area contributed by atoms with E-state index in [9.17, 15) is 0 Å². The molecule has 3 rings (SSSR count). The Hall–Kier alpha value is -1.46. The van der Waals surface area contributed by atoms with Gasteiger partial charge in [-0.3, -0.25) is 4.90 Å². The minimum absolute atomic E-state index is 0. The molecule has 2 aromatic rings. The Morgan fingerprint density at radius 1 is 0.963 bits per heavy atom. The Morgan fingerprint density at radius 2 is 1.67 bits per heavy atom. The van der Waals surface area contributed by atoms with Gasteiger partial charge in [0.2, 0.25) is 0 Å². The van der Waals surface area contributed by atoms with E-state index in [1.807, 2.05) is 31.2 Å². The van der Waals surface area contributed by atoms with Gasteiger partial charge in [0, 0.05) is 32.2 Å². The van der Waals surface area contributed by atoms with Crippen LogP contribution in [0.3, 0.4) is 0 Å². The lowest BCUT2D eigenvalue weighted by molar-refractivity contribution is 0.185.